The summed E-state index contributed by atoms with van der Waals surface area (Å²) in [7, 11) is -2.31. The first-order chi connectivity index (χ1) is 13.1. The molecule has 0 aliphatic rings. The van der Waals surface area contributed by atoms with Gasteiger partial charge in [-0.1, -0.05) is 40.9 Å². The molecule has 2 aromatic rings. The molecule has 0 heterocycles. The van der Waals surface area contributed by atoms with Crippen LogP contribution in [0.1, 0.15) is 5.56 Å². The Morgan fingerprint density at radius 2 is 1.86 bits per heavy atom. The molecule has 2 rings (SSSR count). The molecule has 0 atom stereocenters. The fourth-order valence-corrected chi connectivity index (χ4v) is 3.55. The quantitative estimate of drug-likeness (QED) is 0.501. The van der Waals surface area contributed by atoms with Gasteiger partial charge in [0.2, 0.25) is 10.0 Å². The number of halogens is 3. The predicted octanol–water partition coefficient (Wildman–Crippen LogP) is 3.57. The van der Waals surface area contributed by atoms with Crippen LogP contribution in [-0.2, 0) is 14.8 Å². The highest BCUT2D eigenvalue weighted by atomic mass is 35.5. The average molecular weight is 465 g/mol. The number of ether oxygens (including phenoxy) is 1. The molecule has 1 N–H and O–H groups in total. The number of sulfonamides is 1. The van der Waals surface area contributed by atoms with Crippen LogP contribution in [0.15, 0.2) is 41.5 Å². The minimum atomic E-state index is -3.75. The second kappa shape index (κ2) is 9.47. The van der Waals surface area contributed by atoms with Crippen molar-refractivity contribution in [2.45, 2.75) is 0 Å². The van der Waals surface area contributed by atoms with Crippen molar-refractivity contribution in [1.29, 1.82) is 0 Å². The molecule has 0 spiro atoms. The maximum Gasteiger partial charge on any atom is 0.260 e. The highest BCUT2D eigenvalue weighted by Gasteiger charge is 2.21. The summed E-state index contributed by atoms with van der Waals surface area (Å²) in [5, 5.41) is 4.74. The van der Waals surface area contributed by atoms with Gasteiger partial charge in [-0.15, -0.1) is 0 Å². The van der Waals surface area contributed by atoms with Gasteiger partial charge in [-0.25, -0.2) is 13.8 Å². The Labute approximate surface area is 177 Å². The molecule has 0 radical (unpaired) electrons. The van der Waals surface area contributed by atoms with Crippen LogP contribution in [0.3, 0.4) is 0 Å². The first kappa shape index (κ1) is 22.3. The maximum atomic E-state index is 12.2. The van der Waals surface area contributed by atoms with Crippen LogP contribution in [0.5, 0.6) is 5.75 Å². The molecule has 11 heteroatoms. The standard InChI is InChI=1S/C17H16Cl3N3O4S/c1-27-16-6-4-12(8-15(16)20)23(28(2,25)26)10-17(24)22-21-9-11-3-5-13(18)14(19)7-11/h3-9H,10H2,1-2H3,(H,22,24)/b21-9-. The normalized spacial score (nSPS) is 11.5. The van der Waals surface area contributed by atoms with Crippen molar-refractivity contribution in [2.75, 3.05) is 24.2 Å². The van der Waals surface area contributed by atoms with E-state index in [1.165, 1.54) is 31.5 Å². The van der Waals surface area contributed by atoms with E-state index >= 15 is 0 Å². The van der Waals surface area contributed by atoms with Crippen molar-refractivity contribution in [2.24, 2.45) is 5.10 Å². The van der Waals surface area contributed by atoms with Gasteiger partial charge in [0, 0.05) is 0 Å². The lowest BCUT2D eigenvalue weighted by atomic mass is 10.2. The first-order valence-electron chi connectivity index (χ1n) is 7.70. The van der Waals surface area contributed by atoms with Gasteiger partial charge in [0.15, 0.2) is 0 Å². The highest BCUT2D eigenvalue weighted by molar-refractivity contribution is 7.92. The monoisotopic (exact) mass is 463 g/mol. The van der Waals surface area contributed by atoms with E-state index < -0.39 is 22.5 Å². The van der Waals surface area contributed by atoms with Crippen molar-refractivity contribution < 1.29 is 17.9 Å². The number of methoxy groups -OCH3 is 1. The number of hydrogen-bond acceptors (Lipinski definition) is 5. The highest BCUT2D eigenvalue weighted by Crippen LogP contribution is 2.30. The molecule has 0 aliphatic heterocycles. The fraction of sp³-hybridized carbons (Fsp3) is 0.176. The Hall–Kier alpha value is -2.00. The molecular weight excluding hydrogens is 449 g/mol. The van der Waals surface area contributed by atoms with Crippen LogP contribution in [0, 0.1) is 0 Å². The molecule has 0 bridgehead atoms. The van der Waals surface area contributed by atoms with E-state index in [1.54, 1.807) is 18.2 Å². The number of nitrogens with one attached hydrogen (secondary N) is 1. The number of carbonyl (C=O) groups is 1. The Morgan fingerprint density at radius 1 is 1.14 bits per heavy atom. The summed E-state index contributed by atoms with van der Waals surface area (Å²) in [5.74, 6) is -0.261. The van der Waals surface area contributed by atoms with Crippen LogP contribution >= 0.6 is 34.8 Å². The Morgan fingerprint density at radius 3 is 2.43 bits per heavy atom. The summed E-state index contributed by atoms with van der Waals surface area (Å²) in [6.45, 7) is -0.486. The molecule has 150 valence electrons. The molecule has 2 aromatic carbocycles. The van der Waals surface area contributed by atoms with Crippen molar-refractivity contribution >= 4 is 62.6 Å². The number of anilines is 1. The molecule has 28 heavy (non-hydrogen) atoms. The van der Waals surface area contributed by atoms with E-state index in [0.29, 0.717) is 21.4 Å². The summed E-state index contributed by atoms with van der Waals surface area (Å²) < 4.78 is 30.2. The lowest BCUT2D eigenvalue weighted by molar-refractivity contribution is -0.119. The third kappa shape index (κ3) is 6.00. The summed E-state index contributed by atoms with van der Waals surface area (Å²) >= 11 is 17.8. The molecule has 0 saturated heterocycles. The van der Waals surface area contributed by atoms with Gasteiger partial charge < -0.3 is 4.74 Å². The van der Waals surface area contributed by atoms with Crippen LogP contribution in [-0.4, -0.2) is 40.4 Å². The van der Waals surface area contributed by atoms with Gasteiger partial charge >= 0.3 is 0 Å². The van der Waals surface area contributed by atoms with Gasteiger partial charge in [0.05, 0.1) is 40.3 Å². The maximum absolute atomic E-state index is 12.2. The van der Waals surface area contributed by atoms with Gasteiger partial charge in [-0.3, -0.25) is 9.10 Å². The third-order valence-electron chi connectivity index (χ3n) is 3.46. The van der Waals surface area contributed by atoms with Crippen LogP contribution < -0.4 is 14.5 Å². The molecule has 0 fully saturated rings. The van der Waals surface area contributed by atoms with Crippen molar-refractivity contribution in [1.82, 2.24) is 5.43 Å². The number of hydrogen-bond donors (Lipinski definition) is 1. The van der Waals surface area contributed by atoms with Gasteiger partial charge in [-0.2, -0.15) is 5.10 Å². The van der Waals surface area contributed by atoms with Crippen LogP contribution in [0.2, 0.25) is 15.1 Å². The molecule has 0 unspecified atom stereocenters. The Kier molecular flexibility index (Phi) is 7.54. The number of benzene rings is 2. The minimum absolute atomic E-state index is 0.215. The Balaban J connectivity index is 2.12. The number of hydrazone groups is 1. The summed E-state index contributed by atoms with van der Waals surface area (Å²) in [5.41, 5.74) is 3.09. The topological polar surface area (TPSA) is 88.1 Å². The number of carbonyl (C=O) groups excluding carboxylic acids is 1. The number of amides is 1. The van der Waals surface area contributed by atoms with Crippen molar-refractivity contribution in [3.63, 3.8) is 0 Å². The van der Waals surface area contributed by atoms with E-state index in [2.05, 4.69) is 10.5 Å². The van der Waals surface area contributed by atoms with Crippen molar-refractivity contribution in [3.05, 3.63) is 57.0 Å². The number of rotatable bonds is 7. The van der Waals surface area contributed by atoms with E-state index in [-0.39, 0.29) is 10.7 Å². The van der Waals surface area contributed by atoms with E-state index in [4.69, 9.17) is 39.5 Å². The second-order valence-corrected chi connectivity index (χ2v) is 8.68. The molecule has 0 aromatic heterocycles. The lowest BCUT2D eigenvalue weighted by Gasteiger charge is -2.21. The molecule has 1 amide bonds. The zero-order valence-corrected chi connectivity index (χ0v) is 17.9. The lowest BCUT2D eigenvalue weighted by Crippen LogP contribution is -2.39. The van der Waals surface area contributed by atoms with Gasteiger partial charge in [0.25, 0.3) is 5.91 Å². The van der Waals surface area contributed by atoms with Gasteiger partial charge in [0.1, 0.15) is 12.3 Å². The van der Waals surface area contributed by atoms with E-state index in [0.717, 1.165) is 10.6 Å². The minimum Gasteiger partial charge on any atom is -0.495 e. The Bertz CT molecular complexity index is 1010. The molecule has 7 nitrogen and oxygen atoms in total. The smallest absolute Gasteiger partial charge is 0.260 e. The summed E-state index contributed by atoms with van der Waals surface area (Å²) in [6, 6.07) is 9.21. The van der Waals surface area contributed by atoms with E-state index in [1.807, 2.05) is 0 Å². The summed E-state index contributed by atoms with van der Waals surface area (Å²) in [6.07, 6.45) is 2.34. The van der Waals surface area contributed by atoms with Gasteiger partial charge in [-0.05, 0) is 35.9 Å². The molecular formula is C17H16Cl3N3O4S. The molecule has 0 aliphatic carbocycles. The fourth-order valence-electron chi connectivity index (χ4n) is 2.15. The first-order valence-corrected chi connectivity index (χ1v) is 10.7. The van der Waals surface area contributed by atoms with Crippen LogP contribution in [0.25, 0.3) is 0 Å². The zero-order chi connectivity index (χ0) is 20.9. The second-order valence-electron chi connectivity index (χ2n) is 5.56. The zero-order valence-electron chi connectivity index (χ0n) is 14.8. The average Bonchev–Trinajstić information content (AvgIpc) is 2.61. The summed E-state index contributed by atoms with van der Waals surface area (Å²) in [4.78, 5) is 12.2. The number of nitrogens with zero attached hydrogens (tertiary/aromatic N) is 2. The largest absolute Gasteiger partial charge is 0.495 e. The van der Waals surface area contributed by atoms with Crippen molar-refractivity contribution in [3.8, 4) is 5.75 Å². The predicted molar refractivity (Wildman–Crippen MR) is 112 cm³/mol. The third-order valence-corrected chi connectivity index (χ3v) is 5.63. The SMILES string of the molecule is COc1ccc(N(CC(=O)N/N=C\c2ccc(Cl)c(Cl)c2)S(C)(=O)=O)cc1Cl. The molecule has 0 saturated carbocycles. The van der Waals surface area contributed by atoms with Crippen LogP contribution in [0.4, 0.5) is 5.69 Å². The van der Waals surface area contributed by atoms with E-state index in [9.17, 15) is 13.2 Å².